The minimum Gasteiger partial charge on any atom is -0.329 e. The number of nitrogens with two attached hydrogens (primary N) is 1. The molecule has 9 heteroatoms. The van der Waals surface area contributed by atoms with Gasteiger partial charge in [-0.15, -0.1) is 0 Å². The van der Waals surface area contributed by atoms with Gasteiger partial charge in [-0.05, 0) is 37.5 Å². The molecule has 0 saturated heterocycles. The Labute approximate surface area is 137 Å². The van der Waals surface area contributed by atoms with Gasteiger partial charge >= 0.3 is 0 Å². The van der Waals surface area contributed by atoms with Gasteiger partial charge in [0.1, 0.15) is 10.7 Å². The Hall–Kier alpha value is -1.03. The van der Waals surface area contributed by atoms with Crippen molar-refractivity contribution >= 4 is 19.9 Å². The van der Waals surface area contributed by atoms with E-state index in [1.54, 1.807) is 6.92 Å². The molecule has 0 aromatic heterocycles. The smallest absolute Gasteiger partial charge is 0.241 e. The van der Waals surface area contributed by atoms with E-state index in [0.29, 0.717) is 12.5 Å². The summed E-state index contributed by atoms with van der Waals surface area (Å²) in [6.07, 6.45) is 1.36. The largest absolute Gasteiger partial charge is 0.329 e. The van der Waals surface area contributed by atoms with E-state index in [4.69, 9.17) is 5.73 Å². The monoisotopic (exact) mass is 366 g/mol. The molecule has 0 aliphatic carbocycles. The molecule has 23 heavy (non-hydrogen) atoms. The van der Waals surface area contributed by atoms with Crippen molar-refractivity contribution in [3.05, 3.63) is 24.0 Å². The molecule has 0 amide bonds. The van der Waals surface area contributed by atoms with Gasteiger partial charge in [0.05, 0.1) is 4.90 Å². The Kier molecular flexibility index (Phi) is 5.95. The topological polar surface area (TPSA) is 106 Å². The zero-order valence-corrected chi connectivity index (χ0v) is 15.3. The van der Waals surface area contributed by atoms with Gasteiger partial charge in [0, 0.05) is 18.3 Å². The van der Waals surface area contributed by atoms with E-state index in [-0.39, 0.29) is 17.4 Å². The summed E-state index contributed by atoms with van der Waals surface area (Å²) < 4.78 is 64.0. The second-order valence-electron chi connectivity index (χ2n) is 6.33. The first-order chi connectivity index (χ1) is 10.3. The van der Waals surface area contributed by atoms with Crippen LogP contribution in [-0.4, -0.2) is 35.2 Å². The maximum Gasteiger partial charge on any atom is 0.241 e. The second kappa shape index (κ2) is 6.84. The molecule has 0 spiro atoms. The van der Waals surface area contributed by atoms with E-state index < -0.39 is 36.1 Å². The molecule has 0 bridgehead atoms. The van der Waals surface area contributed by atoms with Crippen LogP contribution in [0.1, 0.15) is 27.2 Å². The molecule has 3 N–H and O–H groups in total. The fourth-order valence-corrected chi connectivity index (χ4v) is 4.57. The zero-order valence-electron chi connectivity index (χ0n) is 13.6. The van der Waals surface area contributed by atoms with Crippen LogP contribution in [0.4, 0.5) is 4.39 Å². The molecule has 132 valence electrons. The van der Waals surface area contributed by atoms with Crippen LogP contribution >= 0.6 is 0 Å². The van der Waals surface area contributed by atoms with Crippen LogP contribution in [0.3, 0.4) is 0 Å². The second-order valence-corrected chi connectivity index (χ2v) is 10.00. The van der Waals surface area contributed by atoms with Gasteiger partial charge in [0.15, 0.2) is 9.84 Å². The molecule has 0 saturated carbocycles. The van der Waals surface area contributed by atoms with Gasteiger partial charge in [0.25, 0.3) is 0 Å². The average molecular weight is 366 g/mol. The maximum atomic E-state index is 13.9. The van der Waals surface area contributed by atoms with Crippen LogP contribution in [0.2, 0.25) is 0 Å². The van der Waals surface area contributed by atoms with Gasteiger partial charge in [-0.3, -0.25) is 0 Å². The first-order valence-electron chi connectivity index (χ1n) is 7.04. The van der Waals surface area contributed by atoms with E-state index in [9.17, 15) is 21.2 Å². The lowest BCUT2D eigenvalue weighted by atomic mass is 9.92. The summed E-state index contributed by atoms with van der Waals surface area (Å²) in [7, 11) is -7.79. The average Bonchev–Trinajstić information content (AvgIpc) is 2.35. The molecule has 0 aliphatic rings. The van der Waals surface area contributed by atoms with Crippen molar-refractivity contribution in [1.82, 2.24) is 4.72 Å². The molecule has 1 unspecified atom stereocenters. The SMILES string of the molecule is CC(C)CC(C)(CN)NS(=O)(=O)c1ccc(S(C)(=O)=O)c(F)c1. The lowest BCUT2D eigenvalue weighted by Crippen LogP contribution is -2.52. The molecular weight excluding hydrogens is 343 g/mol. The van der Waals surface area contributed by atoms with E-state index in [1.807, 2.05) is 13.8 Å². The predicted molar refractivity (Wildman–Crippen MR) is 86.7 cm³/mol. The first-order valence-corrected chi connectivity index (χ1v) is 10.4. The molecule has 0 aliphatic heterocycles. The lowest BCUT2D eigenvalue weighted by Gasteiger charge is -2.30. The van der Waals surface area contributed by atoms with Gasteiger partial charge < -0.3 is 5.73 Å². The number of benzene rings is 1. The lowest BCUT2D eigenvalue weighted by molar-refractivity contribution is 0.344. The highest BCUT2D eigenvalue weighted by Gasteiger charge is 2.31. The quantitative estimate of drug-likeness (QED) is 0.756. The highest BCUT2D eigenvalue weighted by Crippen LogP contribution is 2.22. The van der Waals surface area contributed by atoms with Gasteiger partial charge in [-0.25, -0.2) is 25.9 Å². The Bertz CT molecular complexity index is 776. The highest BCUT2D eigenvalue weighted by atomic mass is 32.2. The Balaban J connectivity index is 3.22. The molecule has 0 radical (unpaired) electrons. The van der Waals surface area contributed by atoms with Crippen LogP contribution in [0, 0.1) is 11.7 Å². The number of sulfone groups is 1. The summed E-state index contributed by atoms with van der Waals surface area (Å²) in [5.41, 5.74) is 4.80. The normalized spacial score (nSPS) is 15.6. The van der Waals surface area contributed by atoms with E-state index >= 15 is 0 Å². The fraction of sp³-hybridized carbons (Fsp3) is 0.571. The highest BCUT2D eigenvalue weighted by molar-refractivity contribution is 7.90. The van der Waals surface area contributed by atoms with Crippen LogP contribution < -0.4 is 10.5 Å². The molecular formula is C14H23FN2O4S2. The summed E-state index contributed by atoms with van der Waals surface area (Å²) in [5, 5.41) is 0. The van der Waals surface area contributed by atoms with Crippen LogP contribution in [0.5, 0.6) is 0 Å². The summed E-state index contributed by atoms with van der Waals surface area (Å²) in [6.45, 7) is 5.62. The van der Waals surface area contributed by atoms with Crippen molar-refractivity contribution in [2.24, 2.45) is 11.7 Å². The predicted octanol–water partition coefficient (Wildman–Crippen LogP) is 1.27. The number of rotatable bonds is 7. The molecule has 1 aromatic carbocycles. The van der Waals surface area contributed by atoms with Gasteiger partial charge in [0.2, 0.25) is 10.0 Å². The molecule has 1 aromatic rings. The van der Waals surface area contributed by atoms with Crippen LogP contribution in [-0.2, 0) is 19.9 Å². The zero-order chi connectivity index (χ0) is 18.1. The summed E-state index contributed by atoms with van der Waals surface area (Å²) in [5.74, 6) is -0.899. The maximum absolute atomic E-state index is 13.9. The Morgan fingerprint density at radius 1 is 1.26 bits per heavy atom. The van der Waals surface area contributed by atoms with Crippen LogP contribution in [0.25, 0.3) is 0 Å². The van der Waals surface area contributed by atoms with E-state index in [2.05, 4.69) is 4.72 Å². The molecule has 0 fully saturated rings. The standard InChI is InChI=1S/C14H23FN2O4S2/c1-10(2)8-14(3,9-16)17-23(20,21)11-5-6-13(12(15)7-11)22(4,18)19/h5-7,10,17H,8-9,16H2,1-4H3. The van der Waals surface area contributed by atoms with Gasteiger partial charge in [-0.2, -0.15) is 0 Å². The summed E-state index contributed by atoms with van der Waals surface area (Å²) >= 11 is 0. The van der Waals surface area contributed by atoms with Gasteiger partial charge in [-0.1, -0.05) is 13.8 Å². The van der Waals surface area contributed by atoms with Crippen molar-refractivity contribution < 1.29 is 21.2 Å². The van der Waals surface area contributed by atoms with Crippen molar-refractivity contribution in [2.45, 2.75) is 42.5 Å². The number of hydrogen-bond donors (Lipinski definition) is 2. The van der Waals surface area contributed by atoms with Crippen molar-refractivity contribution in [3.8, 4) is 0 Å². The third kappa shape index (κ3) is 5.23. The summed E-state index contributed by atoms with van der Waals surface area (Å²) in [4.78, 5) is -0.883. The number of hydrogen-bond acceptors (Lipinski definition) is 5. The number of sulfonamides is 1. The molecule has 6 nitrogen and oxygen atoms in total. The minimum absolute atomic E-state index is 0.0777. The van der Waals surface area contributed by atoms with E-state index in [1.165, 1.54) is 0 Å². The fourth-order valence-electron chi connectivity index (χ4n) is 2.40. The number of halogens is 1. The van der Waals surface area contributed by atoms with Crippen molar-refractivity contribution in [2.75, 3.05) is 12.8 Å². The minimum atomic E-state index is -4.03. The van der Waals surface area contributed by atoms with E-state index in [0.717, 1.165) is 18.4 Å². The molecule has 0 heterocycles. The summed E-state index contributed by atoms with van der Waals surface area (Å²) in [6, 6.07) is 2.71. The van der Waals surface area contributed by atoms with Crippen molar-refractivity contribution in [3.63, 3.8) is 0 Å². The Morgan fingerprint density at radius 2 is 1.83 bits per heavy atom. The number of nitrogens with one attached hydrogen (secondary N) is 1. The Morgan fingerprint density at radius 3 is 2.22 bits per heavy atom. The third-order valence-corrected chi connectivity index (χ3v) is 6.07. The van der Waals surface area contributed by atoms with Crippen LogP contribution in [0.15, 0.2) is 28.0 Å². The molecule has 1 atom stereocenters. The first kappa shape index (κ1) is 20.0. The third-order valence-electron chi connectivity index (χ3n) is 3.30. The molecule has 1 rings (SSSR count). The van der Waals surface area contributed by atoms with Crippen molar-refractivity contribution in [1.29, 1.82) is 0 Å².